The number of carbonyl (C=O) groups excluding carboxylic acids is 1. The number of halogens is 1. The highest BCUT2D eigenvalue weighted by atomic mass is 79.9. The lowest BCUT2D eigenvalue weighted by atomic mass is 10.2. The van der Waals surface area contributed by atoms with Gasteiger partial charge in [-0.3, -0.25) is 14.3 Å². The van der Waals surface area contributed by atoms with Crippen molar-refractivity contribution in [3.05, 3.63) is 89.2 Å². The smallest absolute Gasteiger partial charge is 0.250 e. The molecule has 7 nitrogen and oxygen atoms in total. The first kappa shape index (κ1) is 21.0. The molecular weight excluding hydrogens is 476 g/mol. The highest BCUT2D eigenvalue weighted by Gasteiger charge is 2.17. The summed E-state index contributed by atoms with van der Waals surface area (Å²) in [5.74, 6) is 0.616. The molecule has 0 saturated heterocycles. The maximum Gasteiger partial charge on any atom is 0.250 e. The fourth-order valence-corrected chi connectivity index (χ4v) is 3.92. The predicted octanol–water partition coefficient (Wildman–Crippen LogP) is 4.33. The second kappa shape index (κ2) is 10.1. The number of hydrogen-bond donors (Lipinski definition) is 1. The van der Waals surface area contributed by atoms with Crippen LogP contribution in [0.2, 0.25) is 0 Å². The number of nitrogens with zero attached hydrogens (tertiary/aromatic N) is 5. The van der Waals surface area contributed by atoms with Gasteiger partial charge in [0.1, 0.15) is 0 Å². The molecule has 0 bridgehead atoms. The van der Waals surface area contributed by atoms with Crippen LogP contribution in [0, 0.1) is 0 Å². The first-order valence-corrected chi connectivity index (χ1v) is 11.1. The largest absolute Gasteiger partial charge is 0.272 e. The van der Waals surface area contributed by atoms with Crippen molar-refractivity contribution in [2.75, 3.05) is 5.75 Å². The van der Waals surface area contributed by atoms with Gasteiger partial charge in [-0.2, -0.15) is 5.10 Å². The van der Waals surface area contributed by atoms with E-state index >= 15 is 0 Å². The van der Waals surface area contributed by atoms with Gasteiger partial charge in [0.25, 0.3) is 5.91 Å². The fraction of sp³-hybridized carbons (Fsp3) is 0.0455. The summed E-state index contributed by atoms with van der Waals surface area (Å²) >= 11 is 4.80. The Labute approximate surface area is 191 Å². The number of amides is 1. The molecule has 4 aromatic rings. The Morgan fingerprint density at radius 1 is 1.06 bits per heavy atom. The minimum atomic E-state index is -0.234. The van der Waals surface area contributed by atoms with Gasteiger partial charge < -0.3 is 0 Å². The number of benzene rings is 2. The van der Waals surface area contributed by atoms with E-state index in [4.69, 9.17) is 0 Å². The summed E-state index contributed by atoms with van der Waals surface area (Å²) in [7, 11) is 0. The van der Waals surface area contributed by atoms with Crippen LogP contribution in [0.25, 0.3) is 17.1 Å². The van der Waals surface area contributed by atoms with Gasteiger partial charge >= 0.3 is 0 Å². The van der Waals surface area contributed by atoms with Gasteiger partial charge in [-0.05, 0) is 42.0 Å². The van der Waals surface area contributed by atoms with E-state index < -0.39 is 0 Å². The van der Waals surface area contributed by atoms with Crippen LogP contribution in [0.4, 0.5) is 0 Å². The minimum Gasteiger partial charge on any atom is -0.272 e. The molecular formula is C22H17BrN6OS. The van der Waals surface area contributed by atoms with E-state index in [-0.39, 0.29) is 11.7 Å². The van der Waals surface area contributed by atoms with E-state index in [0.29, 0.717) is 11.0 Å². The molecule has 0 aliphatic carbocycles. The number of hydrogen-bond acceptors (Lipinski definition) is 6. The number of hydrazone groups is 1. The molecule has 0 fully saturated rings. The van der Waals surface area contributed by atoms with Crippen LogP contribution < -0.4 is 5.43 Å². The number of rotatable bonds is 7. The Bertz CT molecular complexity index is 1200. The van der Waals surface area contributed by atoms with Crippen molar-refractivity contribution in [2.24, 2.45) is 5.10 Å². The number of nitrogens with one attached hydrogen (secondary N) is 1. The van der Waals surface area contributed by atoms with E-state index in [2.05, 4.69) is 41.6 Å². The Morgan fingerprint density at radius 2 is 1.87 bits per heavy atom. The number of para-hydroxylation sites is 1. The Balaban J connectivity index is 1.52. The van der Waals surface area contributed by atoms with E-state index in [0.717, 1.165) is 21.3 Å². The number of aromatic nitrogens is 4. The molecule has 2 aromatic heterocycles. The quantitative estimate of drug-likeness (QED) is 0.235. The molecule has 9 heteroatoms. The van der Waals surface area contributed by atoms with Crippen LogP contribution in [0.1, 0.15) is 5.56 Å². The van der Waals surface area contributed by atoms with Gasteiger partial charge in [-0.15, -0.1) is 10.2 Å². The van der Waals surface area contributed by atoms with Crippen LogP contribution in [-0.4, -0.2) is 37.6 Å². The molecule has 1 amide bonds. The van der Waals surface area contributed by atoms with Crippen molar-refractivity contribution >= 4 is 39.8 Å². The first-order valence-electron chi connectivity index (χ1n) is 9.32. The van der Waals surface area contributed by atoms with Crippen LogP contribution in [-0.2, 0) is 4.79 Å². The van der Waals surface area contributed by atoms with Gasteiger partial charge in [0.2, 0.25) is 0 Å². The lowest BCUT2D eigenvalue weighted by molar-refractivity contribution is -0.118. The van der Waals surface area contributed by atoms with Crippen molar-refractivity contribution < 1.29 is 4.79 Å². The lowest BCUT2D eigenvalue weighted by Crippen LogP contribution is -2.20. The van der Waals surface area contributed by atoms with E-state index in [1.807, 2.05) is 59.2 Å². The molecule has 0 unspecified atom stereocenters. The molecule has 0 spiro atoms. The molecule has 2 aromatic carbocycles. The average Bonchev–Trinajstić information content (AvgIpc) is 3.23. The molecule has 0 saturated carbocycles. The predicted molar refractivity (Wildman–Crippen MR) is 125 cm³/mol. The van der Waals surface area contributed by atoms with Crippen molar-refractivity contribution in [1.82, 2.24) is 25.2 Å². The van der Waals surface area contributed by atoms with Crippen LogP contribution in [0.3, 0.4) is 0 Å². The van der Waals surface area contributed by atoms with Crippen molar-refractivity contribution in [3.8, 4) is 17.1 Å². The third-order valence-corrected chi connectivity index (χ3v) is 5.59. The van der Waals surface area contributed by atoms with Crippen molar-refractivity contribution in [2.45, 2.75) is 5.16 Å². The van der Waals surface area contributed by atoms with E-state index in [9.17, 15) is 4.79 Å². The maximum atomic E-state index is 12.3. The lowest BCUT2D eigenvalue weighted by Gasteiger charge is -2.10. The summed E-state index contributed by atoms with van der Waals surface area (Å²) in [5.41, 5.74) is 5.22. The molecule has 0 aliphatic heterocycles. The van der Waals surface area contributed by atoms with E-state index in [1.54, 1.807) is 30.7 Å². The van der Waals surface area contributed by atoms with E-state index in [1.165, 1.54) is 11.8 Å². The standard InChI is InChI=1S/C22H17BrN6OS/c23-18-6-4-5-17(13-18)21-27-28-22(29(21)19-7-2-1-3-8-19)31-15-20(30)26-25-14-16-9-11-24-12-10-16/h1-14H,15H2,(H,26,30)/b25-14-. The maximum absolute atomic E-state index is 12.3. The molecule has 1 N–H and O–H groups in total. The Kier molecular flexibility index (Phi) is 6.85. The highest BCUT2D eigenvalue weighted by Crippen LogP contribution is 2.29. The number of carbonyl (C=O) groups is 1. The monoisotopic (exact) mass is 492 g/mol. The van der Waals surface area contributed by atoms with Gasteiger partial charge in [0, 0.05) is 28.1 Å². The van der Waals surface area contributed by atoms with Gasteiger partial charge in [0.15, 0.2) is 11.0 Å². The first-order chi connectivity index (χ1) is 15.2. The summed E-state index contributed by atoms with van der Waals surface area (Å²) in [5, 5.41) is 13.3. The molecule has 0 atom stereocenters. The summed E-state index contributed by atoms with van der Waals surface area (Å²) in [4.78, 5) is 16.2. The van der Waals surface area contributed by atoms with Crippen LogP contribution in [0.15, 0.2) is 93.9 Å². The minimum absolute atomic E-state index is 0.150. The van der Waals surface area contributed by atoms with Crippen molar-refractivity contribution in [3.63, 3.8) is 0 Å². The third kappa shape index (κ3) is 5.44. The molecule has 0 aliphatic rings. The zero-order chi connectivity index (χ0) is 21.5. The normalized spacial score (nSPS) is 11.0. The third-order valence-electron chi connectivity index (χ3n) is 4.17. The molecule has 0 radical (unpaired) electrons. The molecule has 154 valence electrons. The highest BCUT2D eigenvalue weighted by molar-refractivity contribution is 9.10. The fourth-order valence-electron chi connectivity index (χ4n) is 2.78. The SMILES string of the molecule is O=C(CSc1nnc(-c2cccc(Br)c2)n1-c1ccccc1)N/N=C\c1ccncc1. The zero-order valence-electron chi connectivity index (χ0n) is 16.2. The molecule has 2 heterocycles. The molecule has 4 rings (SSSR count). The van der Waals surface area contributed by atoms with Crippen LogP contribution in [0.5, 0.6) is 0 Å². The van der Waals surface area contributed by atoms with Crippen LogP contribution >= 0.6 is 27.7 Å². The van der Waals surface area contributed by atoms with Gasteiger partial charge in [-0.1, -0.05) is 58.0 Å². The number of thioether (sulfide) groups is 1. The number of pyridine rings is 1. The second-order valence-corrected chi connectivity index (χ2v) is 8.21. The van der Waals surface area contributed by atoms with Crippen molar-refractivity contribution in [1.29, 1.82) is 0 Å². The van der Waals surface area contributed by atoms with Gasteiger partial charge in [-0.25, -0.2) is 5.43 Å². The molecule has 31 heavy (non-hydrogen) atoms. The topological polar surface area (TPSA) is 85.1 Å². The Morgan fingerprint density at radius 3 is 2.65 bits per heavy atom. The summed E-state index contributed by atoms with van der Waals surface area (Å²) in [6.07, 6.45) is 4.90. The zero-order valence-corrected chi connectivity index (χ0v) is 18.6. The summed E-state index contributed by atoms with van der Waals surface area (Å²) in [6.45, 7) is 0. The Hall–Kier alpha value is -3.30. The summed E-state index contributed by atoms with van der Waals surface area (Å²) in [6, 6.07) is 21.3. The summed E-state index contributed by atoms with van der Waals surface area (Å²) < 4.78 is 2.90. The average molecular weight is 493 g/mol. The second-order valence-electron chi connectivity index (χ2n) is 6.35. The van der Waals surface area contributed by atoms with Gasteiger partial charge in [0.05, 0.1) is 12.0 Å².